The van der Waals surface area contributed by atoms with E-state index < -0.39 is 0 Å². The zero-order valence-corrected chi connectivity index (χ0v) is 21.0. The second-order valence-corrected chi connectivity index (χ2v) is 9.17. The standard InChI is InChI=1S/C25H19BrIN3O2/c1-31-24-12-18(11-21(27)25(24)32-15-17-6-8-20(26)9-7-17)10-19(13-28)14-30-16-29-22-4-2-3-5-23(22)30/h2-12,16H,14-15H2,1H3/b19-10-. The molecule has 0 N–H and O–H groups in total. The summed E-state index contributed by atoms with van der Waals surface area (Å²) in [4.78, 5) is 4.40. The third-order valence-electron chi connectivity index (χ3n) is 4.90. The smallest absolute Gasteiger partial charge is 0.174 e. The highest BCUT2D eigenvalue weighted by atomic mass is 127. The molecule has 0 atom stereocenters. The average molecular weight is 600 g/mol. The first-order valence-corrected chi connectivity index (χ1v) is 11.7. The van der Waals surface area contributed by atoms with Crippen molar-refractivity contribution in [1.82, 2.24) is 9.55 Å². The lowest BCUT2D eigenvalue weighted by atomic mass is 10.1. The van der Waals surface area contributed by atoms with Crippen LogP contribution < -0.4 is 9.47 Å². The highest BCUT2D eigenvalue weighted by Crippen LogP contribution is 2.35. The Bertz CT molecular complexity index is 1320. The fourth-order valence-corrected chi connectivity index (χ4v) is 4.38. The maximum Gasteiger partial charge on any atom is 0.174 e. The number of halogens is 2. The highest BCUT2D eigenvalue weighted by molar-refractivity contribution is 14.1. The normalized spacial score (nSPS) is 11.4. The largest absolute Gasteiger partial charge is 0.493 e. The number of fused-ring (bicyclic) bond motifs is 1. The van der Waals surface area contributed by atoms with Crippen molar-refractivity contribution in [3.8, 4) is 17.6 Å². The molecule has 0 bridgehead atoms. The highest BCUT2D eigenvalue weighted by Gasteiger charge is 2.12. The molecule has 0 aliphatic rings. The lowest BCUT2D eigenvalue weighted by Crippen LogP contribution is -2.01. The summed E-state index contributed by atoms with van der Waals surface area (Å²) in [5, 5.41) is 9.73. The van der Waals surface area contributed by atoms with E-state index in [-0.39, 0.29) is 0 Å². The molecular weight excluding hydrogens is 581 g/mol. The van der Waals surface area contributed by atoms with Crippen molar-refractivity contribution < 1.29 is 9.47 Å². The molecular formula is C25H19BrIN3O2. The van der Waals surface area contributed by atoms with Gasteiger partial charge < -0.3 is 14.0 Å². The molecule has 0 fully saturated rings. The number of nitriles is 1. The second kappa shape index (κ2) is 10.2. The maximum absolute atomic E-state index is 9.73. The van der Waals surface area contributed by atoms with Gasteiger partial charge in [-0.15, -0.1) is 0 Å². The van der Waals surface area contributed by atoms with Crippen LogP contribution in [0.4, 0.5) is 0 Å². The van der Waals surface area contributed by atoms with Crippen molar-refractivity contribution in [2.45, 2.75) is 13.2 Å². The van der Waals surface area contributed by atoms with Crippen molar-refractivity contribution in [3.63, 3.8) is 0 Å². The molecule has 4 aromatic rings. The Morgan fingerprint density at radius 3 is 2.72 bits per heavy atom. The molecule has 0 aliphatic carbocycles. The number of para-hydroxylation sites is 2. The number of ether oxygens (including phenoxy) is 2. The van der Waals surface area contributed by atoms with Gasteiger partial charge in [-0.25, -0.2) is 4.98 Å². The molecule has 0 saturated heterocycles. The Hall–Kier alpha value is -2.83. The summed E-state index contributed by atoms with van der Waals surface area (Å²) in [6.45, 7) is 0.879. The molecule has 1 aromatic heterocycles. The number of allylic oxidation sites excluding steroid dienone is 1. The van der Waals surface area contributed by atoms with Crippen molar-refractivity contribution in [2.75, 3.05) is 7.11 Å². The van der Waals surface area contributed by atoms with Gasteiger partial charge in [0.2, 0.25) is 0 Å². The molecule has 5 nitrogen and oxygen atoms in total. The van der Waals surface area contributed by atoms with Crippen LogP contribution in [0.3, 0.4) is 0 Å². The van der Waals surface area contributed by atoms with E-state index in [0.29, 0.717) is 30.2 Å². The third-order valence-corrected chi connectivity index (χ3v) is 6.23. The minimum atomic E-state index is 0.436. The number of nitrogens with zero attached hydrogens (tertiary/aromatic N) is 3. The summed E-state index contributed by atoms with van der Waals surface area (Å²) in [5.41, 5.74) is 4.47. The van der Waals surface area contributed by atoms with Crippen LogP contribution in [0.25, 0.3) is 17.1 Å². The fraction of sp³-hybridized carbons (Fsp3) is 0.120. The van der Waals surface area contributed by atoms with Gasteiger partial charge in [0.05, 0.1) is 40.7 Å². The second-order valence-electron chi connectivity index (χ2n) is 7.09. The van der Waals surface area contributed by atoms with E-state index in [1.54, 1.807) is 13.4 Å². The molecule has 1 heterocycles. The van der Waals surface area contributed by atoms with E-state index in [1.807, 2.05) is 71.3 Å². The van der Waals surface area contributed by atoms with Crippen LogP contribution in [0, 0.1) is 14.9 Å². The Balaban J connectivity index is 1.57. The molecule has 0 saturated carbocycles. The monoisotopic (exact) mass is 599 g/mol. The van der Waals surface area contributed by atoms with Crippen molar-refractivity contribution in [3.05, 3.63) is 91.7 Å². The van der Waals surface area contributed by atoms with Crippen molar-refractivity contribution in [1.29, 1.82) is 5.26 Å². The van der Waals surface area contributed by atoms with Gasteiger partial charge in [-0.3, -0.25) is 0 Å². The molecule has 0 amide bonds. The Morgan fingerprint density at radius 2 is 1.97 bits per heavy atom. The fourth-order valence-electron chi connectivity index (χ4n) is 3.33. The summed E-state index contributed by atoms with van der Waals surface area (Å²) in [6, 6.07) is 22.1. The molecule has 4 rings (SSSR count). The zero-order chi connectivity index (χ0) is 22.5. The quantitative estimate of drug-likeness (QED) is 0.177. The van der Waals surface area contributed by atoms with Gasteiger partial charge in [0, 0.05) is 10.0 Å². The molecule has 7 heteroatoms. The summed E-state index contributed by atoms with van der Waals surface area (Å²) in [5.74, 6) is 1.32. The van der Waals surface area contributed by atoms with Gasteiger partial charge in [0.15, 0.2) is 11.5 Å². The van der Waals surface area contributed by atoms with Gasteiger partial charge in [-0.1, -0.05) is 40.2 Å². The lowest BCUT2D eigenvalue weighted by Gasteiger charge is -2.14. The first-order chi connectivity index (χ1) is 15.6. The number of methoxy groups -OCH3 is 1. The van der Waals surface area contributed by atoms with E-state index in [9.17, 15) is 5.26 Å². The van der Waals surface area contributed by atoms with Crippen molar-refractivity contribution >= 4 is 55.6 Å². The summed E-state index contributed by atoms with van der Waals surface area (Å²) < 4.78 is 15.6. The van der Waals surface area contributed by atoms with E-state index >= 15 is 0 Å². The molecule has 32 heavy (non-hydrogen) atoms. The van der Waals surface area contributed by atoms with Crippen LogP contribution in [0.2, 0.25) is 0 Å². The van der Waals surface area contributed by atoms with E-state index in [0.717, 1.165) is 30.2 Å². The lowest BCUT2D eigenvalue weighted by molar-refractivity contribution is 0.282. The SMILES string of the molecule is COc1cc(/C=C(/C#N)Cn2cnc3ccccc32)cc(I)c1OCc1ccc(Br)cc1. The third kappa shape index (κ3) is 5.14. The van der Waals surface area contributed by atoms with Gasteiger partial charge in [0.1, 0.15) is 6.61 Å². The molecule has 0 radical (unpaired) electrons. The first kappa shape index (κ1) is 22.4. The summed E-state index contributed by atoms with van der Waals surface area (Å²) in [7, 11) is 1.62. The van der Waals surface area contributed by atoms with Crippen LogP contribution in [-0.4, -0.2) is 16.7 Å². The number of benzene rings is 3. The summed E-state index contributed by atoms with van der Waals surface area (Å²) in [6.07, 6.45) is 3.64. The summed E-state index contributed by atoms with van der Waals surface area (Å²) >= 11 is 5.68. The Labute approximate surface area is 208 Å². The molecule has 0 unspecified atom stereocenters. The van der Waals surface area contributed by atoms with Crippen LogP contribution in [0.5, 0.6) is 11.5 Å². The van der Waals surface area contributed by atoms with E-state index in [4.69, 9.17) is 9.47 Å². The predicted octanol–water partition coefficient (Wildman–Crippen LogP) is 6.60. The molecule has 3 aromatic carbocycles. The first-order valence-electron chi connectivity index (χ1n) is 9.82. The maximum atomic E-state index is 9.73. The number of hydrogen-bond donors (Lipinski definition) is 0. The van der Waals surface area contributed by atoms with Crippen LogP contribution in [-0.2, 0) is 13.2 Å². The average Bonchev–Trinajstić information content (AvgIpc) is 3.21. The molecule has 160 valence electrons. The van der Waals surface area contributed by atoms with Crippen LogP contribution in [0.1, 0.15) is 11.1 Å². The van der Waals surface area contributed by atoms with E-state index in [1.165, 1.54) is 0 Å². The van der Waals surface area contributed by atoms with Crippen molar-refractivity contribution in [2.24, 2.45) is 0 Å². The van der Waals surface area contributed by atoms with Crippen LogP contribution in [0.15, 0.2) is 77.0 Å². The Morgan fingerprint density at radius 1 is 1.19 bits per heavy atom. The molecule has 0 spiro atoms. The predicted molar refractivity (Wildman–Crippen MR) is 138 cm³/mol. The van der Waals surface area contributed by atoms with Gasteiger partial charge >= 0.3 is 0 Å². The number of rotatable bonds is 7. The van der Waals surface area contributed by atoms with E-state index in [2.05, 4.69) is 49.6 Å². The minimum Gasteiger partial charge on any atom is -0.493 e. The zero-order valence-electron chi connectivity index (χ0n) is 17.3. The number of hydrogen-bond acceptors (Lipinski definition) is 4. The van der Waals surface area contributed by atoms with Gasteiger partial charge in [-0.2, -0.15) is 5.26 Å². The number of aromatic nitrogens is 2. The van der Waals surface area contributed by atoms with Gasteiger partial charge in [-0.05, 0) is 76.2 Å². The topological polar surface area (TPSA) is 60.1 Å². The Kier molecular flexibility index (Phi) is 7.12. The molecule has 0 aliphatic heterocycles. The van der Waals surface area contributed by atoms with Gasteiger partial charge in [0.25, 0.3) is 0 Å². The number of imidazole rings is 1. The minimum absolute atomic E-state index is 0.436. The van der Waals surface area contributed by atoms with Crippen LogP contribution >= 0.6 is 38.5 Å².